The summed E-state index contributed by atoms with van der Waals surface area (Å²) in [4.78, 5) is 8.41. The van der Waals surface area contributed by atoms with Crippen LogP contribution in [0.1, 0.15) is 5.56 Å². The molecule has 0 aliphatic carbocycles. The third kappa shape index (κ3) is 4.11. The molecule has 1 rings (SSSR count). The van der Waals surface area contributed by atoms with E-state index in [2.05, 4.69) is 23.1 Å². The van der Waals surface area contributed by atoms with E-state index in [4.69, 9.17) is 11.6 Å². The van der Waals surface area contributed by atoms with Gasteiger partial charge in [-0.2, -0.15) is 0 Å². The first-order valence-corrected chi connectivity index (χ1v) is 8.24. The first-order chi connectivity index (χ1) is 6.22. The van der Waals surface area contributed by atoms with Gasteiger partial charge in [0.1, 0.15) is 5.38 Å². The van der Waals surface area contributed by atoms with Gasteiger partial charge in [-0.05, 0) is 0 Å². The molecule has 0 bridgehead atoms. The van der Waals surface area contributed by atoms with Crippen LogP contribution in [0.5, 0.6) is 0 Å². The number of thioether (sulfide) groups is 1. The summed E-state index contributed by atoms with van der Waals surface area (Å²) in [5.74, 6) is 0.488. The van der Waals surface area contributed by atoms with Gasteiger partial charge in [-0.3, -0.25) is 0 Å². The van der Waals surface area contributed by atoms with Crippen LogP contribution < -0.4 is 0 Å². The Morgan fingerprint density at radius 3 is 2.46 bits per heavy atom. The maximum absolute atomic E-state index is 5.63. The number of alkyl halides is 1. The zero-order valence-electron chi connectivity index (χ0n) is 7.75. The minimum absolute atomic E-state index is 0.191. The summed E-state index contributed by atoms with van der Waals surface area (Å²) in [6.45, 7) is 4.57. The molecule has 0 unspecified atom stereocenters. The van der Waals surface area contributed by atoms with E-state index in [-0.39, 0.29) is 8.80 Å². The van der Waals surface area contributed by atoms with Crippen molar-refractivity contribution in [2.75, 3.05) is 5.38 Å². The molecule has 2 nitrogen and oxygen atoms in total. The van der Waals surface area contributed by atoms with Crippen molar-refractivity contribution in [2.24, 2.45) is 0 Å². The van der Waals surface area contributed by atoms with Crippen molar-refractivity contribution in [1.82, 2.24) is 9.97 Å². The summed E-state index contributed by atoms with van der Waals surface area (Å²) >= 11 is 7.35. The fourth-order valence-corrected chi connectivity index (χ4v) is 2.76. The first kappa shape index (κ1) is 11.0. The molecule has 13 heavy (non-hydrogen) atoms. The van der Waals surface area contributed by atoms with Gasteiger partial charge in [-0.15, -0.1) is 11.6 Å². The summed E-state index contributed by atoms with van der Waals surface area (Å²) in [5, 5.41) is 2.02. The van der Waals surface area contributed by atoms with E-state index in [0.717, 1.165) is 16.1 Å². The predicted molar refractivity (Wildman–Crippen MR) is 59.8 cm³/mol. The van der Waals surface area contributed by atoms with E-state index >= 15 is 0 Å². The number of halogens is 1. The van der Waals surface area contributed by atoms with Crippen LogP contribution in [-0.4, -0.2) is 24.1 Å². The van der Waals surface area contributed by atoms with E-state index in [0.29, 0.717) is 5.88 Å². The third-order valence-electron chi connectivity index (χ3n) is 1.33. The Morgan fingerprint density at radius 1 is 1.38 bits per heavy atom. The van der Waals surface area contributed by atoms with Crippen molar-refractivity contribution < 1.29 is 0 Å². The lowest BCUT2D eigenvalue weighted by Gasteiger charge is -1.96. The summed E-state index contributed by atoms with van der Waals surface area (Å²) in [6.07, 6.45) is 3.58. The second-order valence-corrected chi connectivity index (χ2v) is 7.49. The Hall–Kier alpha value is -0.0631. The predicted octanol–water partition coefficient (Wildman–Crippen LogP) is 2.60. The number of hydrogen-bond donors (Lipinski definition) is 0. The van der Waals surface area contributed by atoms with Crippen LogP contribution in [0.4, 0.5) is 0 Å². The van der Waals surface area contributed by atoms with Crippen LogP contribution in [0.15, 0.2) is 17.6 Å². The standard InChI is InChI=1S/C8H12ClN2SSi/c1-13(2)6-12-8-10-4-7(3-9)5-11-8/h4-5H,3,6H2,1-2H3/q+1. The highest BCUT2D eigenvalue weighted by Crippen LogP contribution is 2.13. The Morgan fingerprint density at radius 2 is 2.00 bits per heavy atom. The summed E-state index contributed by atoms with van der Waals surface area (Å²) in [7, 11) is -0.191. The van der Waals surface area contributed by atoms with Crippen LogP contribution in [0.3, 0.4) is 0 Å². The second kappa shape index (κ2) is 5.62. The Labute approximate surface area is 89.7 Å². The van der Waals surface area contributed by atoms with E-state index in [1.165, 1.54) is 0 Å². The van der Waals surface area contributed by atoms with Gasteiger partial charge < -0.3 is 0 Å². The van der Waals surface area contributed by atoms with Crippen LogP contribution in [0, 0.1) is 0 Å². The average molecular weight is 232 g/mol. The lowest BCUT2D eigenvalue weighted by atomic mass is 10.4. The van der Waals surface area contributed by atoms with Gasteiger partial charge >= 0.3 is 8.80 Å². The van der Waals surface area contributed by atoms with Crippen LogP contribution in [-0.2, 0) is 5.88 Å². The molecule has 5 heteroatoms. The molecule has 1 aromatic heterocycles. The van der Waals surface area contributed by atoms with Gasteiger partial charge in [0.05, 0.1) is 19.0 Å². The van der Waals surface area contributed by atoms with Crippen molar-refractivity contribution in [3.05, 3.63) is 18.0 Å². The van der Waals surface area contributed by atoms with Crippen LogP contribution >= 0.6 is 23.4 Å². The Kier molecular flexibility index (Phi) is 4.76. The zero-order chi connectivity index (χ0) is 9.68. The van der Waals surface area contributed by atoms with Gasteiger partial charge in [-0.25, -0.2) is 9.97 Å². The van der Waals surface area contributed by atoms with Gasteiger partial charge in [0.15, 0.2) is 5.16 Å². The highest BCUT2D eigenvalue weighted by molar-refractivity contribution is 8.00. The van der Waals surface area contributed by atoms with Crippen LogP contribution in [0.2, 0.25) is 13.1 Å². The highest BCUT2D eigenvalue weighted by Gasteiger charge is 2.12. The van der Waals surface area contributed by atoms with Crippen molar-refractivity contribution in [2.45, 2.75) is 24.1 Å². The zero-order valence-corrected chi connectivity index (χ0v) is 10.3. The lowest BCUT2D eigenvalue weighted by molar-refractivity contribution is 0.948. The summed E-state index contributed by atoms with van der Waals surface area (Å²) in [5.41, 5.74) is 0.976. The van der Waals surface area contributed by atoms with Crippen molar-refractivity contribution in [3.63, 3.8) is 0 Å². The number of aromatic nitrogens is 2. The number of rotatable bonds is 4. The van der Waals surface area contributed by atoms with Gasteiger partial charge in [0, 0.05) is 18.0 Å². The minimum Gasteiger partial charge on any atom is -0.231 e. The molecule has 0 aliphatic heterocycles. The molecule has 0 spiro atoms. The molecule has 1 aromatic rings. The maximum Gasteiger partial charge on any atom is 0.319 e. The van der Waals surface area contributed by atoms with Gasteiger partial charge in [-0.1, -0.05) is 11.8 Å². The SMILES string of the molecule is C[Si+](C)CSc1ncc(CCl)cn1. The molecule has 0 amide bonds. The maximum atomic E-state index is 5.63. The Balaban J connectivity index is 2.49. The highest BCUT2D eigenvalue weighted by atomic mass is 35.5. The summed E-state index contributed by atoms with van der Waals surface area (Å²) < 4.78 is 0. The third-order valence-corrected chi connectivity index (χ3v) is 4.99. The molecule has 1 heterocycles. The normalized spacial score (nSPS) is 10.1. The first-order valence-electron chi connectivity index (χ1n) is 4.01. The summed E-state index contributed by atoms with van der Waals surface area (Å²) in [6, 6.07) is 0. The van der Waals surface area contributed by atoms with E-state index < -0.39 is 0 Å². The molecule has 70 valence electrons. The number of nitrogens with zero attached hydrogens (tertiary/aromatic N) is 2. The molecule has 0 saturated carbocycles. The molecule has 0 saturated heterocycles. The quantitative estimate of drug-likeness (QED) is 0.345. The fourth-order valence-electron chi connectivity index (χ4n) is 0.695. The van der Waals surface area contributed by atoms with E-state index in [1.54, 1.807) is 24.2 Å². The molecule has 0 atom stereocenters. The molecule has 0 N–H and O–H groups in total. The van der Waals surface area contributed by atoms with Gasteiger partial charge in [0.2, 0.25) is 0 Å². The van der Waals surface area contributed by atoms with Crippen molar-refractivity contribution in [3.8, 4) is 0 Å². The van der Waals surface area contributed by atoms with E-state index in [1.807, 2.05) is 0 Å². The van der Waals surface area contributed by atoms with Gasteiger partial charge in [0.25, 0.3) is 0 Å². The number of hydrogen-bond acceptors (Lipinski definition) is 3. The molecular formula is C8H12ClN2SSi+. The van der Waals surface area contributed by atoms with Crippen molar-refractivity contribution in [1.29, 1.82) is 0 Å². The second-order valence-electron chi connectivity index (χ2n) is 3.00. The molecule has 0 fully saturated rings. The average Bonchev–Trinajstić information content (AvgIpc) is 2.15. The van der Waals surface area contributed by atoms with Crippen molar-refractivity contribution >= 4 is 32.2 Å². The van der Waals surface area contributed by atoms with Crippen LogP contribution in [0.25, 0.3) is 0 Å². The molecular weight excluding hydrogens is 220 g/mol. The fraction of sp³-hybridized carbons (Fsp3) is 0.500. The monoisotopic (exact) mass is 231 g/mol. The molecule has 0 aliphatic rings. The largest absolute Gasteiger partial charge is 0.319 e. The Bertz CT molecular complexity index is 253. The molecule has 0 aromatic carbocycles. The smallest absolute Gasteiger partial charge is 0.231 e. The minimum atomic E-state index is -0.191. The lowest BCUT2D eigenvalue weighted by Crippen LogP contribution is -2.04. The molecule has 0 radical (unpaired) electrons. The van der Waals surface area contributed by atoms with E-state index in [9.17, 15) is 0 Å². The topological polar surface area (TPSA) is 25.8 Å².